The number of rotatable bonds is 10. The molecule has 4 rings (SSSR count). The van der Waals surface area contributed by atoms with Gasteiger partial charge in [-0.25, -0.2) is 14.4 Å². The average molecular weight is 583 g/mol. The van der Waals surface area contributed by atoms with Gasteiger partial charge >= 0.3 is 0 Å². The van der Waals surface area contributed by atoms with E-state index in [9.17, 15) is 5.11 Å². The zero-order valence-corrected chi connectivity index (χ0v) is 24.9. The van der Waals surface area contributed by atoms with Crippen molar-refractivity contribution in [2.75, 3.05) is 23.8 Å². The summed E-state index contributed by atoms with van der Waals surface area (Å²) in [6.07, 6.45) is 6.61. The fraction of sp³-hybridized carbons (Fsp3) is 0.452. The zero-order valence-electron chi connectivity index (χ0n) is 24.1. The molecule has 1 aromatic heterocycles. The summed E-state index contributed by atoms with van der Waals surface area (Å²) in [5.74, 6) is 0.603. The van der Waals surface area contributed by atoms with Crippen LogP contribution in [0.5, 0.6) is 0 Å². The lowest BCUT2D eigenvalue weighted by Crippen LogP contribution is -2.35. The van der Waals surface area contributed by atoms with Gasteiger partial charge in [0.25, 0.3) is 0 Å². The Balaban J connectivity index is 1.54. The van der Waals surface area contributed by atoms with Gasteiger partial charge in [0.05, 0.1) is 35.9 Å². The van der Waals surface area contributed by atoms with Crippen LogP contribution in [0.1, 0.15) is 61.9 Å². The monoisotopic (exact) mass is 582 g/mol. The molecule has 1 aromatic carbocycles. The van der Waals surface area contributed by atoms with Gasteiger partial charge in [0, 0.05) is 24.2 Å². The van der Waals surface area contributed by atoms with Gasteiger partial charge in [0.1, 0.15) is 17.5 Å². The third-order valence-corrected chi connectivity index (χ3v) is 7.99. The van der Waals surface area contributed by atoms with E-state index in [1.807, 2.05) is 39.8 Å². The molecule has 2 heterocycles. The predicted octanol–water partition coefficient (Wildman–Crippen LogP) is 5.84. The van der Waals surface area contributed by atoms with Crippen LogP contribution < -0.4 is 16.4 Å². The number of aliphatic hydroxyl groups is 1. The quantitative estimate of drug-likeness (QED) is 0.159. The normalized spacial score (nSPS) is 23.6. The molecular formula is C31H40ClFN6O2. The molecule has 41 heavy (non-hydrogen) atoms. The molecule has 2 aliphatic rings. The number of fused-ring (bicyclic) bond motifs is 1. The van der Waals surface area contributed by atoms with Crippen molar-refractivity contribution in [3.63, 3.8) is 0 Å². The molecule has 8 nitrogen and oxygen atoms in total. The number of hydrogen-bond acceptors (Lipinski definition) is 6. The topological polar surface area (TPSA) is 117 Å². The van der Waals surface area contributed by atoms with E-state index >= 15 is 4.39 Å². The van der Waals surface area contributed by atoms with Gasteiger partial charge < -0.3 is 26.2 Å². The largest absolute Gasteiger partial charge is 0.390 e. The second-order valence-corrected chi connectivity index (χ2v) is 10.8. The molecule has 5 N–H and O–H groups in total. The number of anilines is 2. The Labute approximate surface area is 246 Å². The first kappa shape index (κ1) is 30.7. The molecule has 1 aliphatic heterocycles. The van der Waals surface area contributed by atoms with Crippen LogP contribution >= 0.6 is 11.6 Å². The van der Waals surface area contributed by atoms with E-state index in [0.717, 1.165) is 28.7 Å². The summed E-state index contributed by atoms with van der Waals surface area (Å²) in [6, 6.07) is 4.84. The second kappa shape index (κ2) is 13.6. The molecule has 220 valence electrons. The number of aromatic nitrogens is 1. The predicted molar refractivity (Wildman–Crippen MR) is 167 cm³/mol. The Bertz CT molecular complexity index is 1360. The van der Waals surface area contributed by atoms with E-state index in [1.165, 1.54) is 0 Å². The van der Waals surface area contributed by atoms with Crippen molar-refractivity contribution in [2.45, 2.75) is 71.2 Å². The van der Waals surface area contributed by atoms with Gasteiger partial charge in [0.2, 0.25) is 0 Å². The molecule has 2 aromatic rings. The molecule has 0 amide bonds. The number of aliphatic imine (C=N–C) groups is 2. The van der Waals surface area contributed by atoms with Crippen molar-refractivity contribution in [2.24, 2.45) is 21.6 Å². The highest BCUT2D eigenvalue weighted by Gasteiger charge is 2.38. The first-order chi connectivity index (χ1) is 19.7. The van der Waals surface area contributed by atoms with Crippen molar-refractivity contribution in [1.29, 1.82) is 0 Å². The maximum Gasteiger partial charge on any atom is 0.194 e. The zero-order chi connectivity index (χ0) is 29.7. The number of allylic oxidation sites excluding steroid dienone is 2. The number of nitrogens with zero attached hydrogens (tertiary/aromatic N) is 3. The van der Waals surface area contributed by atoms with Crippen molar-refractivity contribution in [3.05, 3.63) is 70.0 Å². The van der Waals surface area contributed by atoms with Crippen LogP contribution in [0.25, 0.3) is 5.57 Å². The first-order valence-corrected chi connectivity index (χ1v) is 14.5. The minimum absolute atomic E-state index is 0.171. The van der Waals surface area contributed by atoms with Crippen molar-refractivity contribution in [3.8, 4) is 0 Å². The van der Waals surface area contributed by atoms with E-state index in [1.54, 1.807) is 24.4 Å². The number of halogens is 2. The average Bonchev–Trinajstić information content (AvgIpc) is 3.53. The molecule has 0 saturated carbocycles. The summed E-state index contributed by atoms with van der Waals surface area (Å²) in [7, 11) is 0. The highest BCUT2D eigenvalue weighted by atomic mass is 35.5. The number of nitrogens with one attached hydrogen (secondary N) is 2. The van der Waals surface area contributed by atoms with Crippen LogP contribution in [0, 0.1) is 18.7 Å². The smallest absolute Gasteiger partial charge is 0.194 e. The summed E-state index contributed by atoms with van der Waals surface area (Å²) < 4.78 is 21.3. The van der Waals surface area contributed by atoms with Gasteiger partial charge in [-0.2, -0.15) is 0 Å². The number of pyridine rings is 1. The van der Waals surface area contributed by atoms with Crippen molar-refractivity contribution in [1.82, 2.24) is 4.98 Å². The Morgan fingerprint density at radius 2 is 2.12 bits per heavy atom. The molecule has 1 saturated heterocycles. The molecule has 0 radical (unpaired) electrons. The second-order valence-electron chi connectivity index (χ2n) is 10.4. The summed E-state index contributed by atoms with van der Waals surface area (Å²) in [4.78, 5) is 13.6. The van der Waals surface area contributed by atoms with Crippen molar-refractivity contribution < 1.29 is 14.2 Å². The van der Waals surface area contributed by atoms with Crippen LogP contribution in [0.3, 0.4) is 0 Å². The first-order valence-electron chi connectivity index (χ1n) is 14.2. The molecule has 1 fully saturated rings. The van der Waals surface area contributed by atoms with Crippen LogP contribution in [0.2, 0.25) is 5.02 Å². The molecule has 0 spiro atoms. The molecular weight excluding hydrogens is 543 g/mol. The number of hydrogen-bond donors (Lipinski definition) is 4. The minimum atomic E-state index is -0.609. The molecule has 5 unspecified atom stereocenters. The maximum absolute atomic E-state index is 15.5. The summed E-state index contributed by atoms with van der Waals surface area (Å²) in [6.45, 7) is 12.5. The Kier molecular flexibility index (Phi) is 10.2. The fourth-order valence-corrected chi connectivity index (χ4v) is 5.80. The van der Waals surface area contributed by atoms with Gasteiger partial charge in [-0.15, -0.1) is 6.58 Å². The molecule has 0 bridgehead atoms. The van der Waals surface area contributed by atoms with Crippen molar-refractivity contribution >= 4 is 41.0 Å². The number of ether oxygens (including phenoxy) is 1. The number of guanidine groups is 1. The van der Waals surface area contributed by atoms with Crippen LogP contribution in [-0.2, 0) is 11.2 Å². The standard InChI is InChI=1S/C31H40ClFN6O2/c1-6-18(15-35-9-4)20-13-19-10-11-25(27(19)23(33)14-20)36-30-22(32)12-17(5)29(38-30)39-31(34)37-24(8-3)28-21(7-2)26(40)16-41-28/h6-7,12-15,21,24-26,28,40H,2,8-11,16H2,1,3-5H3,(H4,34,36,37,38,39)/b18-6+,35-15?. The van der Waals surface area contributed by atoms with Crippen LogP contribution in [0.4, 0.5) is 16.0 Å². The van der Waals surface area contributed by atoms with Gasteiger partial charge in [-0.1, -0.05) is 36.7 Å². The fourth-order valence-electron chi connectivity index (χ4n) is 5.54. The third kappa shape index (κ3) is 6.80. The van der Waals surface area contributed by atoms with E-state index in [2.05, 4.69) is 27.2 Å². The van der Waals surface area contributed by atoms with E-state index in [0.29, 0.717) is 41.6 Å². The molecule has 5 atom stereocenters. The Hall–Kier alpha value is -3.27. The van der Waals surface area contributed by atoms with E-state index < -0.39 is 6.10 Å². The number of benzene rings is 1. The molecule has 10 heteroatoms. The summed E-state index contributed by atoms with van der Waals surface area (Å²) >= 11 is 6.58. The summed E-state index contributed by atoms with van der Waals surface area (Å²) in [5, 5.41) is 17.1. The van der Waals surface area contributed by atoms with Gasteiger partial charge in [0.15, 0.2) is 5.96 Å². The number of aliphatic hydroxyl groups excluding tert-OH is 1. The highest BCUT2D eigenvalue weighted by molar-refractivity contribution is 6.33. The van der Waals surface area contributed by atoms with Gasteiger partial charge in [-0.3, -0.25) is 4.99 Å². The number of nitrogens with two attached hydrogens (primary N) is 1. The molecule has 1 aliphatic carbocycles. The van der Waals surface area contributed by atoms with Crippen LogP contribution in [-0.4, -0.2) is 53.7 Å². The lowest BCUT2D eigenvalue weighted by Gasteiger charge is -2.23. The minimum Gasteiger partial charge on any atom is -0.390 e. The Morgan fingerprint density at radius 1 is 1.34 bits per heavy atom. The highest BCUT2D eigenvalue weighted by Crippen LogP contribution is 2.39. The summed E-state index contributed by atoms with van der Waals surface area (Å²) in [5.41, 5.74) is 10.4. The van der Waals surface area contributed by atoms with Crippen LogP contribution in [0.15, 0.2) is 46.9 Å². The lowest BCUT2D eigenvalue weighted by molar-refractivity contribution is 0.0711. The maximum atomic E-state index is 15.5. The van der Waals surface area contributed by atoms with E-state index in [-0.39, 0.29) is 42.5 Å². The third-order valence-electron chi connectivity index (χ3n) is 7.70. The SMILES string of the molecule is C=CC1C(O)COC1C(CC)N=C(N)Nc1nc(NC2CCc3cc(/C(C=NCC)=C/C)cc(F)c32)c(Cl)cc1C. The van der Waals surface area contributed by atoms with Gasteiger partial charge in [-0.05, 0) is 74.4 Å². The lowest BCUT2D eigenvalue weighted by atomic mass is 9.93. The Morgan fingerprint density at radius 3 is 2.80 bits per heavy atom. The number of aryl methyl sites for hydroxylation is 2. The van der Waals surface area contributed by atoms with E-state index in [4.69, 9.17) is 27.1 Å².